The Morgan fingerprint density at radius 2 is 1.44 bits per heavy atom. The molecule has 1 aliphatic carbocycles. The highest BCUT2D eigenvalue weighted by atomic mass is 32.2. The van der Waals surface area contributed by atoms with Crippen LogP contribution in [0.2, 0.25) is 0 Å². The van der Waals surface area contributed by atoms with E-state index in [9.17, 15) is 8.42 Å². The average molecular weight is 349 g/mol. The SMILES string of the molecule is Cc1ccc2c(c1)C1(ONS2(=O)=O)c2ccccc2-c2ccccc21. The summed E-state index contributed by atoms with van der Waals surface area (Å²) in [7, 11) is -3.70. The molecule has 4 nitrogen and oxygen atoms in total. The lowest BCUT2D eigenvalue weighted by Crippen LogP contribution is -2.45. The van der Waals surface area contributed by atoms with Gasteiger partial charge in [0, 0.05) is 16.7 Å². The molecule has 25 heavy (non-hydrogen) atoms. The van der Waals surface area contributed by atoms with E-state index in [0.29, 0.717) is 5.56 Å². The van der Waals surface area contributed by atoms with Crippen molar-refractivity contribution >= 4 is 10.0 Å². The van der Waals surface area contributed by atoms with Crippen LogP contribution < -0.4 is 4.89 Å². The monoisotopic (exact) mass is 349 g/mol. The summed E-state index contributed by atoms with van der Waals surface area (Å²) in [5, 5.41) is 0. The van der Waals surface area contributed by atoms with Crippen LogP contribution in [0.1, 0.15) is 22.3 Å². The summed E-state index contributed by atoms with van der Waals surface area (Å²) in [6.45, 7) is 1.95. The van der Waals surface area contributed by atoms with Crippen molar-refractivity contribution < 1.29 is 13.3 Å². The quantitative estimate of drug-likeness (QED) is 0.676. The van der Waals surface area contributed by atoms with Gasteiger partial charge in [-0.25, -0.2) is 8.42 Å². The van der Waals surface area contributed by atoms with Crippen LogP contribution in [-0.4, -0.2) is 8.42 Å². The summed E-state index contributed by atoms with van der Waals surface area (Å²) in [6, 6.07) is 21.3. The lowest BCUT2D eigenvalue weighted by atomic mass is 9.83. The first-order valence-corrected chi connectivity index (χ1v) is 9.53. The van der Waals surface area contributed by atoms with Crippen molar-refractivity contribution in [3.05, 3.63) is 89.0 Å². The number of sulfonamides is 1. The van der Waals surface area contributed by atoms with Gasteiger partial charge in [-0.2, -0.15) is 0 Å². The molecule has 1 heterocycles. The van der Waals surface area contributed by atoms with Crippen molar-refractivity contribution in [2.24, 2.45) is 0 Å². The molecule has 1 aliphatic heterocycles. The molecule has 3 aromatic rings. The van der Waals surface area contributed by atoms with Gasteiger partial charge in [0.2, 0.25) is 0 Å². The Kier molecular flexibility index (Phi) is 2.84. The van der Waals surface area contributed by atoms with Crippen LogP contribution in [-0.2, 0) is 20.5 Å². The largest absolute Gasteiger partial charge is 0.266 e. The molecular formula is C20H15NO3S. The topological polar surface area (TPSA) is 55.4 Å². The molecule has 0 saturated heterocycles. The van der Waals surface area contributed by atoms with Gasteiger partial charge in [0.05, 0.1) is 4.90 Å². The second-order valence-electron chi connectivity index (χ2n) is 6.46. The fourth-order valence-corrected chi connectivity index (χ4v) is 5.03. The molecule has 0 saturated carbocycles. The number of nitrogens with one attached hydrogen (secondary N) is 1. The van der Waals surface area contributed by atoms with E-state index < -0.39 is 15.6 Å². The zero-order valence-electron chi connectivity index (χ0n) is 13.5. The lowest BCUT2D eigenvalue weighted by molar-refractivity contribution is -0.0268. The molecule has 5 rings (SSSR count). The fraction of sp³-hybridized carbons (Fsp3) is 0.100. The Hall–Kier alpha value is -2.47. The molecule has 1 N–H and O–H groups in total. The van der Waals surface area contributed by atoms with E-state index in [1.807, 2.05) is 67.6 Å². The van der Waals surface area contributed by atoms with Crippen LogP contribution in [0.15, 0.2) is 71.6 Å². The van der Waals surface area contributed by atoms with Gasteiger partial charge in [0.15, 0.2) is 5.60 Å². The van der Waals surface area contributed by atoms with Crippen LogP contribution in [0, 0.1) is 6.92 Å². The van der Waals surface area contributed by atoms with Crippen LogP contribution in [0.25, 0.3) is 11.1 Å². The first-order chi connectivity index (χ1) is 12.0. The predicted octanol–water partition coefficient (Wildman–Crippen LogP) is 3.49. The maximum atomic E-state index is 12.5. The lowest BCUT2D eigenvalue weighted by Gasteiger charge is -2.37. The van der Waals surface area contributed by atoms with E-state index in [4.69, 9.17) is 4.84 Å². The molecule has 0 amide bonds. The van der Waals surface area contributed by atoms with Gasteiger partial charge in [0.25, 0.3) is 10.0 Å². The Bertz CT molecular complexity index is 1090. The van der Waals surface area contributed by atoms with Gasteiger partial charge >= 0.3 is 0 Å². The molecule has 0 atom stereocenters. The summed E-state index contributed by atoms with van der Waals surface area (Å²) >= 11 is 0. The summed E-state index contributed by atoms with van der Waals surface area (Å²) in [5.41, 5.74) is 4.69. The second kappa shape index (κ2) is 4.79. The van der Waals surface area contributed by atoms with Crippen LogP contribution in [0.5, 0.6) is 0 Å². The number of hydrogen-bond donors (Lipinski definition) is 1. The average Bonchev–Trinajstić information content (AvgIpc) is 2.90. The Labute approximate surface area is 146 Å². The Morgan fingerprint density at radius 1 is 0.840 bits per heavy atom. The van der Waals surface area contributed by atoms with E-state index in [1.54, 1.807) is 6.07 Å². The Morgan fingerprint density at radius 3 is 2.08 bits per heavy atom. The fourth-order valence-electron chi connectivity index (χ4n) is 3.97. The number of hydrogen-bond acceptors (Lipinski definition) is 3. The van der Waals surface area contributed by atoms with E-state index in [-0.39, 0.29) is 4.90 Å². The molecule has 5 heteroatoms. The van der Waals surface area contributed by atoms with Crippen molar-refractivity contribution in [2.45, 2.75) is 17.4 Å². The maximum Gasteiger partial charge on any atom is 0.262 e. The highest BCUT2D eigenvalue weighted by Gasteiger charge is 2.52. The standard InChI is InChI=1S/C20H15NO3S/c1-13-10-11-19-18(12-13)20(24-21-25(19,22)23)16-8-4-2-6-14(16)15-7-3-5-9-17(15)20/h2-12,21H,1H3. The number of fused-ring (bicyclic) bond motifs is 7. The van der Waals surface area contributed by atoms with Gasteiger partial charge in [0.1, 0.15) is 0 Å². The minimum absolute atomic E-state index is 0.260. The van der Waals surface area contributed by atoms with Gasteiger partial charge in [-0.1, -0.05) is 71.1 Å². The molecular weight excluding hydrogens is 334 g/mol. The first kappa shape index (κ1) is 14.8. The normalized spacial score (nSPS) is 18.4. The van der Waals surface area contributed by atoms with E-state index in [1.165, 1.54) is 0 Å². The maximum absolute atomic E-state index is 12.5. The highest BCUT2D eigenvalue weighted by Crippen LogP contribution is 2.55. The third kappa shape index (κ3) is 1.80. The summed E-state index contributed by atoms with van der Waals surface area (Å²) in [6.07, 6.45) is 0. The number of rotatable bonds is 0. The molecule has 2 aliphatic rings. The van der Waals surface area contributed by atoms with Gasteiger partial charge in [-0.3, -0.25) is 4.84 Å². The number of aryl methyl sites for hydroxylation is 1. The minimum atomic E-state index is -3.70. The van der Waals surface area contributed by atoms with Crippen molar-refractivity contribution in [1.29, 1.82) is 0 Å². The third-order valence-electron chi connectivity index (χ3n) is 5.01. The minimum Gasteiger partial charge on any atom is -0.266 e. The molecule has 1 spiro atoms. The molecule has 124 valence electrons. The molecule has 0 unspecified atom stereocenters. The highest BCUT2D eigenvalue weighted by molar-refractivity contribution is 7.89. The van der Waals surface area contributed by atoms with Crippen molar-refractivity contribution in [2.75, 3.05) is 0 Å². The summed E-state index contributed by atoms with van der Waals surface area (Å²) < 4.78 is 25.0. The zero-order valence-corrected chi connectivity index (χ0v) is 14.3. The van der Waals surface area contributed by atoms with Crippen molar-refractivity contribution in [1.82, 2.24) is 4.89 Å². The predicted molar refractivity (Wildman–Crippen MR) is 94.3 cm³/mol. The van der Waals surface area contributed by atoms with Crippen LogP contribution >= 0.6 is 0 Å². The summed E-state index contributed by atoms with van der Waals surface area (Å²) in [5.74, 6) is 0. The molecule has 0 aromatic heterocycles. The summed E-state index contributed by atoms with van der Waals surface area (Å²) in [4.78, 5) is 8.52. The van der Waals surface area contributed by atoms with E-state index in [2.05, 4.69) is 4.89 Å². The van der Waals surface area contributed by atoms with E-state index in [0.717, 1.165) is 27.8 Å². The van der Waals surface area contributed by atoms with Gasteiger partial charge in [-0.15, -0.1) is 0 Å². The van der Waals surface area contributed by atoms with Gasteiger partial charge < -0.3 is 0 Å². The number of benzene rings is 3. The smallest absolute Gasteiger partial charge is 0.262 e. The van der Waals surface area contributed by atoms with Crippen molar-refractivity contribution in [3.63, 3.8) is 0 Å². The van der Waals surface area contributed by atoms with Crippen LogP contribution in [0.3, 0.4) is 0 Å². The molecule has 3 aromatic carbocycles. The molecule has 0 fully saturated rings. The van der Waals surface area contributed by atoms with Crippen LogP contribution in [0.4, 0.5) is 0 Å². The van der Waals surface area contributed by atoms with E-state index >= 15 is 0 Å². The van der Waals surface area contributed by atoms with Crippen molar-refractivity contribution in [3.8, 4) is 11.1 Å². The van der Waals surface area contributed by atoms with Gasteiger partial charge in [-0.05, 0) is 24.1 Å². The molecule has 0 bridgehead atoms. The Balaban J connectivity index is 1.97. The first-order valence-electron chi connectivity index (χ1n) is 8.04. The molecule has 0 radical (unpaired) electrons. The zero-order chi connectivity index (χ0) is 17.2. The third-order valence-corrected chi connectivity index (χ3v) is 6.25. The second-order valence-corrected chi connectivity index (χ2v) is 8.07.